The van der Waals surface area contributed by atoms with Crippen molar-refractivity contribution in [3.63, 3.8) is 0 Å². The summed E-state index contributed by atoms with van der Waals surface area (Å²) < 4.78 is 11.0. The van der Waals surface area contributed by atoms with Gasteiger partial charge in [-0.25, -0.2) is 4.79 Å². The molecule has 3 aliphatic heterocycles. The molecule has 0 aliphatic carbocycles. The molecule has 2 saturated heterocycles. The van der Waals surface area contributed by atoms with Crippen LogP contribution in [-0.2, 0) is 17.6 Å². The number of rotatable bonds is 4. The van der Waals surface area contributed by atoms with Crippen molar-refractivity contribution in [3.8, 4) is 5.75 Å². The first-order chi connectivity index (χ1) is 13.7. The molecule has 1 N–H and O–H groups in total. The summed E-state index contributed by atoms with van der Waals surface area (Å²) in [5.74, 6) is 1.64. The summed E-state index contributed by atoms with van der Waals surface area (Å²) in [5.41, 5.74) is 2.56. The van der Waals surface area contributed by atoms with Gasteiger partial charge in [0.1, 0.15) is 5.75 Å². The maximum atomic E-state index is 12.8. The van der Waals surface area contributed by atoms with Crippen LogP contribution in [0.2, 0.25) is 0 Å². The molecule has 0 bridgehead atoms. The first-order valence-corrected chi connectivity index (χ1v) is 10.7. The molecule has 2 fully saturated rings. The van der Waals surface area contributed by atoms with Gasteiger partial charge in [-0.3, -0.25) is 0 Å². The molecule has 0 saturated carbocycles. The molecule has 6 heteroatoms. The molecule has 1 aromatic carbocycles. The van der Waals surface area contributed by atoms with Crippen molar-refractivity contribution in [3.05, 3.63) is 29.3 Å². The Hall–Kier alpha value is -1.79. The zero-order valence-electron chi connectivity index (χ0n) is 17.0. The van der Waals surface area contributed by atoms with Crippen molar-refractivity contribution < 1.29 is 14.3 Å². The lowest BCUT2D eigenvalue weighted by Gasteiger charge is -2.34. The Labute approximate surface area is 168 Å². The molecular weight excluding hydrogens is 354 g/mol. The number of benzene rings is 1. The Morgan fingerprint density at radius 2 is 2.00 bits per heavy atom. The van der Waals surface area contributed by atoms with Crippen molar-refractivity contribution in [2.75, 3.05) is 53.0 Å². The molecule has 0 aromatic heterocycles. The van der Waals surface area contributed by atoms with Gasteiger partial charge in [-0.2, -0.15) is 0 Å². The summed E-state index contributed by atoms with van der Waals surface area (Å²) in [7, 11) is 1.72. The van der Waals surface area contributed by atoms with Crippen LogP contribution in [0.3, 0.4) is 0 Å². The second kappa shape index (κ2) is 9.14. The number of ether oxygens (including phenoxy) is 2. The summed E-state index contributed by atoms with van der Waals surface area (Å²) in [6.07, 6.45) is 5.03. The number of urea groups is 1. The number of methoxy groups -OCH3 is 1. The van der Waals surface area contributed by atoms with Gasteiger partial charge in [-0.1, -0.05) is 12.1 Å². The highest BCUT2D eigenvalue weighted by atomic mass is 16.5. The minimum absolute atomic E-state index is 0.0921. The van der Waals surface area contributed by atoms with E-state index in [1.54, 1.807) is 7.11 Å². The van der Waals surface area contributed by atoms with E-state index in [1.165, 1.54) is 17.5 Å². The number of carbonyl (C=O) groups is 1. The number of likely N-dealkylation sites (tertiary alicyclic amines) is 1. The Bertz CT molecular complexity index is 667. The van der Waals surface area contributed by atoms with Gasteiger partial charge >= 0.3 is 6.03 Å². The van der Waals surface area contributed by atoms with E-state index >= 15 is 0 Å². The third-order valence-corrected chi connectivity index (χ3v) is 6.48. The fourth-order valence-electron chi connectivity index (χ4n) is 4.76. The highest BCUT2D eigenvalue weighted by Gasteiger charge is 2.26. The predicted molar refractivity (Wildman–Crippen MR) is 109 cm³/mol. The average molecular weight is 388 g/mol. The number of carbonyl (C=O) groups excluding carboxylic acids is 1. The van der Waals surface area contributed by atoms with E-state index < -0.39 is 0 Å². The highest BCUT2D eigenvalue weighted by molar-refractivity contribution is 5.74. The second-order valence-corrected chi connectivity index (χ2v) is 8.34. The Morgan fingerprint density at radius 3 is 2.75 bits per heavy atom. The minimum Gasteiger partial charge on any atom is -0.496 e. The molecular formula is C22H33N3O3. The zero-order chi connectivity index (χ0) is 19.3. The van der Waals surface area contributed by atoms with E-state index in [1.807, 2.05) is 17.0 Å². The van der Waals surface area contributed by atoms with Crippen LogP contribution >= 0.6 is 0 Å². The van der Waals surface area contributed by atoms with Gasteiger partial charge in [0.15, 0.2) is 0 Å². The number of nitrogens with zero attached hydrogens (tertiary/aromatic N) is 2. The second-order valence-electron chi connectivity index (χ2n) is 8.34. The molecule has 3 aliphatic rings. The van der Waals surface area contributed by atoms with E-state index in [9.17, 15) is 4.79 Å². The van der Waals surface area contributed by atoms with E-state index in [2.05, 4.69) is 16.3 Å². The summed E-state index contributed by atoms with van der Waals surface area (Å²) >= 11 is 0. The van der Waals surface area contributed by atoms with Gasteiger partial charge < -0.3 is 24.6 Å². The Balaban J connectivity index is 1.24. The molecule has 28 heavy (non-hydrogen) atoms. The average Bonchev–Trinajstić information content (AvgIpc) is 3.12. The standard InChI is InChI=1S/C22H33N3O3/c1-27-21-4-2-3-18-5-12-25(13-8-20(18)21)22(26)23-19-6-10-24(11-7-19)15-17-9-14-28-16-17/h2-4,17,19H,5-16H2,1H3,(H,23,26). The molecule has 3 heterocycles. The van der Waals surface area contributed by atoms with Crippen molar-refractivity contribution in [2.24, 2.45) is 5.92 Å². The minimum atomic E-state index is 0.0921. The van der Waals surface area contributed by atoms with Crippen LogP contribution in [0.5, 0.6) is 5.75 Å². The van der Waals surface area contributed by atoms with Crippen molar-refractivity contribution in [1.29, 1.82) is 0 Å². The number of fused-ring (bicyclic) bond motifs is 1. The topological polar surface area (TPSA) is 54.0 Å². The molecule has 1 aromatic rings. The molecule has 1 unspecified atom stereocenters. The van der Waals surface area contributed by atoms with Crippen LogP contribution in [0.25, 0.3) is 0 Å². The third kappa shape index (κ3) is 4.61. The van der Waals surface area contributed by atoms with E-state index in [-0.39, 0.29) is 6.03 Å². The molecule has 6 nitrogen and oxygen atoms in total. The number of hydrogen-bond donors (Lipinski definition) is 1. The van der Waals surface area contributed by atoms with Crippen LogP contribution in [0, 0.1) is 5.92 Å². The predicted octanol–water partition coefficient (Wildman–Crippen LogP) is 2.31. The van der Waals surface area contributed by atoms with Gasteiger partial charge in [0.25, 0.3) is 0 Å². The largest absolute Gasteiger partial charge is 0.496 e. The van der Waals surface area contributed by atoms with Gasteiger partial charge in [-0.15, -0.1) is 0 Å². The fourth-order valence-corrected chi connectivity index (χ4v) is 4.76. The van der Waals surface area contributed by atoms with Gasteiger partial charge in [0, 0.05) is 45.4 Å². The molecule has 0 radical (unpaired) electrons. The first-order valence-electron chi connectivity index (χ1n) is 10.7. The monoisotopic (exact) mass is 387 g/mol. The molecule has 0 spiro atoms. The SMILES string of the molecule is COc1cccc2c1CCN(C(=O)NC1CCN(CC3CCOC3)CC1)CC2. The van der Waals surface area contributed by atoms with Crippen LogP contribution in [0.15, 0.2) is 18.2 Å². The fraction of sp³-hybridized carbons (Fsp3) is 0.682. The normalized spacial score (nSPS) is 23.9. The summed E-state index contributed by atoms with van der Waals surface area (Å²) in [5, 5.41) is 3.29. The van der Waals surface area contributed by atoms with Crippen LogP contribution in [-0.4, -0.2) is 74.9 Å². The highest BCUT2D eigenvalue weighted by Crippen LogP contribution is 2.26. The first kappa shape index (κ1) is 19.5. The van der Waals surface area contributed by atoms with E-state index in [4.69, 9.17) is 9.47 Å². The number of amides is 2. The Morgan fingerprint density at radius 1 is 1.18 bits per heavy atom. The lowest BCUT2D eigenvalue weighted by molar-refractivity contribution is 0.144. The van der Waals surface area contributed by atoms with E-state index in [0.717, 1.165) is 77.4 Å². The van der Waals surface area contributed by atoms with Gasteiger partial charge in [0.2, 0.25) is 0 Å². The van der Waals surface area contributed by atoms with Gasteiger partial charge in [0.05, 0.1) is 13.7 Å². The Kier molecular flexibility index (Phi) is 6.37. The number of nitrogens with one attached hydrogen (secondary N) is 1. The van der Waals surface area contributed by atoms with Crippen molar-refractivity contribution in [1.82, 2.24) is 15.1 Å². The smallest absolute Gasteiger partial charge is 0.317 e. The van der Waals surface area contributed by atoms with E-state index in [0.29, 0.717) is 12.0 Å². The number of hydrogen-bond acceptors (Lipinski definition) is 4. The van der Waals surface area contributed by atoms with Crippen LogP contribution < -0.4 is 10.1 Å². The molecule has 2 amide bonds. The molecule has 4 rings (SSSR count). The molecule has 1 atom stereocenters. The lowest BCUT2D eigenvalue weighted by atomic mass is 10.0. The summed E-state index contributed by atoms with van der Waals surface area (Å²) in [6, 6.07) is 6.60. The van der Waals surface area contributed by atoms with Crippen molar-refractivity contribution in [2.45, 2.75) is 38.1 Å². The summed E-state index contributed by atoms with van der Waals surface area (Å²) in [6.45, 7) is 6.65. The molecule has 154 valence electrons. The van der Waals surface area contributed by atoms with Crippen LogP contribution in [0.1, 0.15) is 30.4 Å². The van der Waals surface area contributed by atoms with Gasteiger partial charge in [-0.05, 0) is 55.2 Å². The third-order valence-electron chi connectivity index (χ3n) is 6.48. The zero-order valence-corrected chi connectivity index (χ0v) is 17.0. The van der Waals surface area contributed by atoms with Crippen LogP contribution in [0.4, 0.5) is 4.79 Å². The lowest BCUT2D eigenvalue weighted by Crippen LogP contribution is -2.50. The maximum Gasteiger partial charge on any atom is 0.317 e. The number of piperidine rings is 1. The maximum absolute atomic E-state index is 12.8. The quantitative estimate of drug-likeness (QED) is 0.861. The summed E-state index contributed by atoms with van der Waals surface area (Å²) in [4.78, 5) is 17.4. The van der Waals surface area contributed by atoms with Crippen molar-refractivity contribution >= 4 is 6.03 Å².